The largest absolute Gasteiger partial charge is 0.325 e. The molecule has 0 spiro atoms. The molecule has 1 aromatic carbocycles. The standard InChI is InChI=1S/C15H18FN3O/c16-14-7-6-13(11-12(14)5-4-8-17)18-15(20)19-9-2-1-3-10-19/h6-7,11H,1-3,8-10,17H2,(H,18,20). The van der Waals surface area contributed by atoms with Crippen molar-refractivity contribution in [1.82, 2.24) is 4.90 Å². The topological polar surface area (TPSA) is 58.4 Å². The fourth-order valence-corrected chi connectivity index (χ4v) is 2.14. The Kier molecular flexibility index (Phi) is 4.97. The molecule has 1 saturated heterocycles. The third-order valence-corrected chi connectivity index (χ3v) is 3.19. The number of rotatable bonds is 1. The zero-order valence-corrected chi connectivity index (χ0v) is 11.3. The van der Waals surface area contributed by atoms with E-state index in [2.05, 4.69) is 17.2 Å². The van der Waals surface area contributed by atoms with Gasteiger partial charge in [-0.3, -0.25) is 0 Å². The van der Waals surface area contributed by atoms with E-state index < -0.39 is 5.82 Å². The first kappa shape index (κ1) is 14.4. The Morgan fingerprint density at radius 2 is 2.10 bits per heavy atom. The first-order valence-electron chi connectivity index (χ1n) is 6.75. The van der Waals surface area contributed by atoms with Crippen LogP contribution >= 0.6 is 0 Å². The first-order valence-corrected chi connectivity index (χ1v) is 6.75. The quantitative estimate of drug-likeness (QED) is 0.772. The van der Waals surface area contributed by atoms with Crippen molar-refractivity contribution in [1.29, 1.82) is 0 Å². The molecule has 0 aromatic heterocycles. The van der Waals surface area contributed by atoms with Gasteiger partial charge in [-0.25, -0.2) is 9.18 Å². The van der Waals surface area contributed by atoms with E-state index in [1.807, 2.05) is 0 Å². The highest BCUT2D eigenvalue weighted by molar-refractivity contribution is 5.89. The zero-order valence-electron chi connectivity index (χ0n) is 11.3. The number of piperidine rings is 1. The Hall–Kier alpha value is -2.06. The molecular formula is C15H18FN3O. The van der Waals surface area contributed by atoms with Gasteiger partial charge in [-0.1, -0.05) is 11.8 Å². The van der Waals surface area contributed by atoms with Crippen LogP contribution in [0.3, 0.4) is 0 Å². The van der Waals surface area contributed by atoms with Gasteiger partial charge < -0.3 is 16.0 Å². The summed E-state index contributed by atoms with van der Waals surface area (Å²) in [6.45, 7) is 1.71. The maximum absolute atomic E-state index is 13.5. The van der Waals surface area contributed by atoms with Crippen LogP contribution in [0.15, 0.2) is 18.2 Å². The van der Waals surface area contributed by atoms with Gasteiger partial charge in [0.15, 0.2) is 0 Å². The van der Waals surface area contributed by atoms with Gasteiger partial charge in [0, 0.05) is 18.8 Å². The molecule has 20 heavy (non-hydrogen) atoms. The Labute approximate surface area is 118 Å². The lowest BCUT2D eigenvalue weighted by Crippen LogP contribution is -2.38. The molecule has 3 N–H and O–H groups in total. The monoisotopic (exact) mass is 275 g/mol. The van der Waals surface area contributed by atoms with E-state index in [9.17, 15) is 9.18 Å². The minimum Gasteiger partial charge on any atom is -0.325 e. The number of nitrogens with zero attached hydrogens (tertiary/aromatic N) is 1. The molecule has 2 amide bonds. The third-order valence-electron chi connectivity index (χ3n) is 3.19. The van der Waals surface area contributed by atoms with Gasteiger partial charge in [-0.15, -0.1) is 0 Å². The van der Waals surface area contributed by atoms with Crippen molar-refractivity contribution >= 4 is 11.7 Å². The van der Waals surface area contributed by atoms with E-state index in [0.29, 0.717) is 5.69 Å². The van der Waals surface area contributed by atoms with Crippen molar-refractivity contribution in [3.05, 3.63) is 29.6 Å². The van der Waals surface area contributed by atoms with E-state index >= 15 is 0 Å². The van der Waals surface area contributed by atoms with E-state index in [1.165, 1.54) is 24.6 Å². The predicted octanol–water partition coefficient (Wildman–Crippen LogP) is 2.15. The number of likely N-dealkylation sites (tertiary alicyclic amines) is 1. The molecule has 1 heterocycles. The number of hydrogen-bond acceptors (Lipinski definition) is 2. The average Bonchev–Trinajstić information content (AvgIpc) is 2.48. The highest BCUT2D eigenvalue weighted by Gasteiger charge is 2.16. The number of amides is 2. The molecule has 0 saturated carbocycles. The van der Waals surface area contributed by atoms with Gasteiger partial charge in [0.1, 0.15) is 5.82 Å². The number of benzene rings is 1. The maximum atomic E-state index is 13.5. The van der Waals surface area contributed by atoms with Gasteiger partial charge in [0.05, 0.1) is 12.1 Å². The number of halogens is 1. The van der Waals surface area contributed by atoms with Gasteiger partial charge in [-0.2, -0.15) is 0 Å². The van der Waals surface area contributed by atoms with Crippen LogP contribution in [0.2, 0.25) is 0 Å². The number of urea groups is 1. The van der Waals surface area contributed by atoms with Crippen LogP contribution in [0.5, 0.6) is 0 Å². The molecule has 0 bridgehead atoms. The Balaban J connectivity index is 2.07. The van der Waals surface area contributed by atoms with Crippen LogP contribution in [0.4, 0.5) is 14.9 Å². The molecule has 0 unspecified atom stereocenters. The van der Waals surface area contributed by atoms with Gasteiger partial charge in [0.25, 0.3) is 0 Å². The summed E-state index contributed by atoms with van der Waals surface area (Å²) < 4.78 is 13.5. The van der Waals surface area contributed by atoms with Crippen LogP contribution in [0.25, 0.3) is 0 Å². The maximum Gasteiger partial charge on any atom is 0.321 e. The second-order valence-corrected chi connectivity index (χ2v) is 4.68. The Bertz CT molecular complexity index is 542. The Morgan fingerprint density at radius 1 is 1.35 bits per heavy atom. The summed E-state index contributed by atoms with van der Waals surface area (Å²) in [6, 6.07) is 4.21. The summed E-state index contributed by atoms with van der Waals surface area (Å²) in [5, 5.41) is 2.78. The van der Waals surface area contributed by atoms with Gasteiger partial charge in [0.2, 0.25) is 0 Å². The van der Waals surface area contributed by atoms with Crippen LogP contribution in [0.1, 0.15) is 24.8 Å². The minimum absolute atomic E-state index is 0.144. The molecule has 106 valence electrons. The molecular weight excluding hydrogens is 257 g/mol. The Morgan fingerprint density at radius 3 is 2.80 bits per heavy atom. The third kappa shape index (κ3) is 3.72. The van der Waals surface area contributed by atoms with Crippen LogP contribution in [-0.4, -0.2) is 30.6 Å². The van der Waals surface area contributed by atoms with E-state index in [0.717, 1.165) is 25.9 Å². The summed E-state index contributed by atoms with van der Waals surface area (Å²) in [5.74, 6) is 4.84. The van der Waals surface area contributed by atoms with Crippen LogP contribution in [-0.2, 0) is 0 Å². The van der Waals surface area contributed by atoms with Gasteiger partial charge in [-0.05, 0) is 37.5 Å². The number of anilines is 1. The minimum atomic E-state index is -0.415. The summed E-state index contributed by atoms with van der Waals surface area (Å²) in [6.07, 6.45) is 3.23. The predicted molar refractivity (Wildman–Crippen MR) is 76.8 cm³/mol. The average molecular weight is 275 g/mol. The highest BCUT2D eigenvalue weighted by Crippen LogP contribution is 2.16. The number of nitrogens with one attached hydrogen (secondary N) is 1. The van der Waals surface area contributed by atoms with E-state index in [1.54, 1.807) is 4.90 Å². The normalized spacial score (nSPS) is 14.4. The SMILES string of the molecule is NCC#Cc1cc(NC(=O)N2CCCCC2)ccc1F. The molecule has 0 radical (unpaired) electrons. The number of nitrogens with two attached hydrogens (primary N) is 1. The van der Waals surface area contributed by atoms with Crippen molar-refractivity contribution in [2.75, 3.05) is 25.0 Å². The molecule has 5 heteroatoms. The van der Waals surface area contributed by atoms with Crippen molar-refractivity contribution in [2.24, 2.45) is 5.73 Å². The molecule has 4 nitrogen and oxygen atoms in total. The van der Waals surface area contributed by atoms with Crippen LogP contribution < -0.4 is 11.1 Å². The molecule has 0 aliphatic carbocycles. The van der Waals surface area contributed by atoms with Crippen molar-refractivity contribution < 1.29 is 9.18 Å². The van der Waals surface area contributed by atoms with Crippen molar-refractivity contribution in [3.8, 4) is 11.8 Å². The molecule has 1 aliphatic heterocycles. The first-order chi connectivity index (χ1) is 9.70. The van der Waals surface area contributed by atoms with E-state index in [4.69, 9.17) is 5.73 Å². The summed E-state index contributed by atoms with van der Waals surface area (Å²) >= 11 is 0. The lowest BCUT2D eigenvalue weighted by Gasteiger charge is -2.26. The number of carbonyl (C=O) groups is 1. The van der Waals surface area contributed by atoms with Crippen LogP contribution in [0, 0.1) is 17.7 Å². The molecule has 1 aromatic rings. The van der Waals surface area contributed by atoms with Crippen molar-refractivity contribution in [2.45, 2.75) is 19.3 Å². The summed E-state index contributed by atoms with van der Waals surface area (Å²) in [7, 11) is 0. The highest BCUT2D eigenvalue weighted by atomic mass is 19.1. The summed E-state index contributed by atoms with van der Waals surface area (Å²) in [4.78, 5) is 13.8. The fraction of sp³-hybridized carbons (Fsp3) is 0.400. The molecule has 0 atom stereocenters. The molecule has 2 rings (SSSR count). The second-order valence-electron chi connectivity index (χ2n) is 4.68. The smallest absolute Gasteiger partial charge is 0.321 e. The molecule has 1 fully saturated rings. The molecule has 1 aliphatic rings. The fourth-order valence-electron chi connectivity index (χ4n) is 2.14. The summed E-state index contributed by atoms with van der Waals surface area (Å²) in [5.41, 5.74) is 6.06. The number of carbonyl (C=O) groups excluding carboxylic acids is 1. The number of hydrogen-bond donors (Lipinski definition) is 2. The lowest BCUT2D eigenvalue weighted by atomic mass is 10.1. The zero-order chi connectivity index (χ0) is 14.4. The van der Waals surface area contributed by atoms with Gasteiger partial charge >= 0.3 is 6.03 Å². The van der Waals surface area contributed by atoms with E-state index in [-0.39, 0.29) is 18.1 Å². The second kappa shape index (κ2) is 6.92. The lowest BCUT2D eigenvalue weighted by molar-refractivity contribution is 0.200. The van der Waals surface area contributed by atoms with Crippen molar-refractivity contribution in [3.63, 3.8) is 0 Å².